The summed E-state index contributed by atoms with van der Waals surface area (Å²) in [5.41, 5.74) is 2.48. The summed E-state index contributed by atoms with van der Waals surface area (Å²) >= 11 is 0. The Morgan fingerprint density at radius 3 is 2.60 bits per heavy atom. The molecule has 1 aromatic carbocycles. The van der Waals surface area contributed by atoms with Gasteiger partial charge in [-0.25, -0.2) is 14.4 Å². The average molecular weight is 475 g/mol. The second-order valence-corrected chi connectivity index (χ2v) is 10.9. The number of anilines is 1. The predicted molar refractivity (Wildman–Crippen MR) is 132 cm³/mol. The number of fused-ring (bicyclic) bond motifs is 3. The molecule has 0 unspecified atom stereocenters. The Balaban J connectivity index is 1.59. The quantitative estimate of drug-likeness (QED) is 0.561. The summed E-state index contributed by atoms with van der Waals surface area (Å²) in [6.07, 6.45) is 3.05. The average Bonchev–Trinajstić information content (AvgIpc) is 3.26. The highest BCUT2D eigenvalue weighted by Gasteiger charge is 2.52. The van der Waals surface area contributed by atoms with Crippen LogP contribution in [0, 0.1) is 22.6 Å². The fourth-order valence-electron chi connectivity index (χ4n) is 5.59. The number of aromatic nitrogens is 3. The van der Waals surface area contributed by atoms with Gasteiger partial charge in [0.2, 0.25) is 11.7 Å². The monoisotopic (exact) mass is 474 g/mol. The van der Waals surface area contributed by atoms with Gasteiger partial charge in [0.15, 0.2) is 0 Å². The van der Waals surface area contributed by atoms with Crippen molar-refractivity contribution in [3.8, 4) is 6.07 Å². The van der Waals surface area contributed by atoms with Crippen LogP contribution in [-0.2, 0) is 23.3 Å². The molecule has 1 saturated heterocycles. The molecule has 1 spiro atoms. The molecule has 0 atom stereocenters. The zero-order valence-corrected chi connectivity index (χ0v) is 20.8. The lowest BCUT2D eigenvalue weighted by Crippen LogP contribution is -2.48. The first-order valence-corrected chi connectivity index (χ1v) is 12.2. The highest BCUT2D eigenvalue weighted by molar-refractivity contribution is 6.08. The fourth-order valence-corrected chi connectivity index (χ4v) is 5.59. The summed E-state index contributed by atoms with van der Waals surface area (Å²) in [5, 5.41) is 10.2. The van der Waals surface area contributed by atoms with Crippen molar-refractivity contribution in [3.63, 3.8) is 0 Å². The molecule has 3 aromatic rings. The van der Waals surface area contributed by atoms with Crippen molar-refractivity contribution in [1.82, 2.24) is 19.4 Å². The molecule has 0 saturated carbocycles. The second-order valence-electron chi connectivity index (χ2n) is 10.9. The molecular weight excluding hydrogens is 443 g/mol. The van der Waals surface area contributed by atoms with Gasteiger partial charge in [-0.2, -0.15) is 5.26 Å². The van der Waals surface area contributed by atoms with Crippen LogP contribution in [0.25, 0.3) is 11.0 Å². The third kappa shape index (κ3) is 3.98. The smallest absolute Gasteiger partial charge is 0.238 e. The van der Waals surface area contributed by atoms with Crippen LogP contribution in [0.1, 0.15) is 57.6 Å². The van der Waals surface area contributed by atoms with Gasteiger partial charge in [-0.05, 0) is 67.7 Å². The number of likely N-dealkylation sites (tertiary alicyclic amines) is 1. The standard InChI is InChI=1S/C27H31FN6O/c1-5-32-10-8-27(9-11-32)21-13-19(28)6-7-22(21)33(25(27)35)16-20-12-18-15-30-23(14-29)31-24(18)34(20)17-26(2,3)4/h6-7,12-13,15H,5,8-11,16-17H2,1-4H3. The lowest BCUT2D eigenvalue weighted by molar-refractivity contribution is -0.125. The highest BCUT2D eigenvalue weighted by Crippen LogP contribution is 2.49. The number of nitriles is 1. The molecule has 35 heavy (non-hydrogen) atoms. The summed E-state index contributed by atoms with van der Waals surface area (Å²) in [4.78, 5) is 26.8. The number of halogens is 1. The summed E-state index contributed by atoms with van der Waals surface area (Å²) in [6.45, 7) is 12.2. The molecule has 0 N–H and O–H groups in total. The first-order chi connectivity index (χ1) is 16.6. The van der Waals surface area contributed by atoms with Gasteiger partial charge in [-0.1, -0.05) is 27.7 Å². The molecule has 0 radical (unpaired) electrons. The van der Waals surface area contributed by atoms with Gasteiger partial charge in [0, 0.05) is 29.5 Å². The lowest BCUT2D eigenvalue weighted by Gasteiger charge is -2.38. The van der Waals surface area contributed by atoms with E-state index in [4.69, 9.17) is 0 Å². The molecule has 2 aliphatic rings. The Morgan fingerprint density at radius 2 is 1.94 bits per heavy atom. The molecule has 4 heterocycles. The van der Waals surface area contributed by atoms with Crippen molar-refractivity contribution >= 4 is 22.6 Å². The van der Waals surface area contributed by atoms with Gasteiger partial charge in [-0.3, -0.25) is 4.79 Å². The topological polar surface area (TPSA) is 78.1 Å². The fraction of sp³-hybridized carbons (Fsp3) is 0.481. The van der Waals surface area contributed by atoms with Crippen molar-refractivity contribution in [2.75, 3.05) is 24.5 Å². The zero-order valence-electron chi connectivity index (χ0n) is 20.8. The van der Waals surface area contributed by atoms with E-state index in [1.165, 1.54) is 6.07 Å². The number of carbonyl (C=O) groups is 1. The van der Waals surface area contributed by atoms with Crippen LogP contribution in [0.3, 0.4) is 0 Å². The number of amides is 1. The highest BCUT2D eigenvalue weighted by atomic mass is 19.1. The van der Waals surface area contributed by atoms with E-state index in [2.05, 4.69) is 47.1 Å². The van der Waals surface area contributed by atoms with Gasteiger partial charge in [0.25, 0.3) is 0 Å². The van der Waals surface area contributed by atoms with Crippen LogP contribution < -0.4 is 4.90 Å². The molecule has 0 bridgehead atoms. The Bertz CT molecular complexity index is 1340. The second kappa shape index (κ2) is 8.42. The minimum Gasteiger partial charge on any atom is -0.327 e. The van der Waals surface area contributed by atoms with Gasteiger partial charge in [0.05, 0.1) is 12.0 Å². The van der Waals surface area contributed by atoms with E-state index < -0.39 is 5.41 Å². The Hall–Kier alpha value is -3.31. The van der Waals surface area contributed by atoms with Crippen molar-refractivity contribution < 1.29 is 9.18 Å². The minimum atomic E-state index is -0.683. The maximum atomic E-state index is 14.4. The first-order valence-electron chi connectivity index (χ1n) is 12.2. The third-order valence-corrected chi connectivity index (χ3v) is 7.35. The third-order valence-electron chi connectivity index (χ3n) is 7.35. The van der Waals surface area contributed by atoms with E-state index >= 15 is 0 Å². The summed E-state index contributed by atoms with van der Waals surface area (Å²) in [7, 11) is 0. The number of nitrogens with zero attached hydrogens (tertiary/aromatic N) is 6. The Morgan fingerprint density at radius 1 is 1.20 bits per heavy atom. The van der Waals surface area contributed by atoms with Gasteiger partial charge >= 0.3 is 0 Å². The molecule has 1 fully saturated rings. The molecule has 5 rings (SSSR count). The maximum Gasteiger partial charge on any atom is 0.238 e. The normalized spacial score (nSPS) is 17.8. The van der Waals surface area contributed by atoms with Crippen LogP contribution in [0.4, 0.5) is 10.1 Å². The number of benzene rings is 1. The van der Waals surface area contributed by atoms with Gasteiger partial charge in [-0.15, -0.1) is 0 Å². The molecular formula is C27H31FN6O. The van der Waals surface area contributed by atoms with Crippen molar-refractivity contribution in [2.45, 2.75) is 59.0 Å². The van der Waals surface area contributed by atoms with Crippen LogP contribution in [0.5, 0.6) is 0 Å². The van der Waals surface area contributed by atoms with Crippen LogP contribution in [0.15, 0.2) is 30.5 Å². The largest absolute Gasteiger partial charge is 0.327 e. The molecule has 0 aliphatic carbocycles. The van der Waals surface area contributed by atoms with Crippen molar-refractivity contribution in [3.05, 3.63) is 53.4 Å². The molecule has 182 valence electrons. The first kappa shape index (κ1) is 23.4. The number of carbonyl (C=O) groups excluding carboxylic acids is 1. The minimum absolute atomic E-state index is 0.0465. The van der Waals surface area contributed by atoms with E-state index in [-0.39, 0.29) is 23.0 Å². The van der Waals surface area contributed by atoms with Crippen LogP contribution in [0.2, 0.25) is 0 Å². The van der Waals surface area contributed by atoms with E-state index in [9.17, 15) is 14.4 Å². The van der Waals surface area contributed by atoms with E-state index in [1.54, 1.807) is 18.3 Å². The Labute approximate surface area is 205 Å². The summed E-state index contributed by atoms with van der Waals surface area (Å²) in [6, 6.07) is 8.77. The van der Waals surface area contributed by atoms with Gasteiger partial charge in [0.1, 0.15) is 17.5 Å². The summed E-state index contributed by atoms with van der Waals surface area (Å²) < 4.78 is 16.5. The number of hydrogen-bond acceptors (Lipinski definition) is 5. The molecule has 1 amide bonds. The van der Waals surface area contributed by atoms with Crippen molar-refractivity contribution in [1.29, 1.82) is 5.26 Å². The Kier molecular flexibility index (Phi) is 5.64. The van der Waals surface area contributed by atoms with Gasteiger partial charge < -0.3 is 14.4 Å². The maximum absolute atomic E-state index is 14.4. The number of rotatable bonds is 4. The number of piperidine rings is 1. The molecule has 8 heteroatoms. The van der Waals surface area contributed by atoms with E-state index in [0.717, 1.165) is 42.0 Å². The predicted octanol–water partition coefficient (Wildman–Crippen LogP) is 4.39. The SMILES string of the molecule is CCN1CCC2(CC1)C(=O)N(Cc1cc3cnc(C#N)nc3n1CC(C)(C)C)c1ccc(F)cc12. The lowest BCUT2D eigenvalue weighted by atomic mass is 9.73. The summed E-state index contributed by atoms with van der Waals surface area (Å²) in [5.74, 6) is -0.140. The van der Waals surface area contributed by atoms with Crippen molar-refractivity contribution in [2.24, 2.45) is 5.41 Å². The van der Waals surface area contributed by atoms with Crippen LogP contribution in [-0.4, -0.2) is 45.0 Å². The zero-order chi connectivity index (χ0) is 25.0. The number of hydrogen-bond donors (Lipinski definition) is 0. The van der Waals surface area contributed by atoms with E-state index in [1.807, 2.05) is 17.0 Å². The van der Waals surface area contributed by atoms with E-state index in [0.29, 0.717) is 31.6 Å². The van der Waals surface area contributed by atoms with Crippen LogP contribution >= 0.6 is 0 Å². The molecule has 2 aromatic heterocycles. The molecule has 2 aliphatic heterocycles. The molecule has 7 nitrogen and oxygen atoms in total.